The molecule has 2 unspecified atom stereocenters. The molecule has 18 heavy (non-hydrogen) atoms. The molecule has 0 saturated carbocycles. The number of carboxylic acids is 1. The quantitative estimate of drug-likeness (QED) is 0.836. The molecular formula is C13H18N2O3. The Morgan fingerprint density at radius 1 is 1.61 bits per heavy atom. The van der Waals surface area contributed by atoms with E-state index >= 15 is 0 Å². The molecule has 98 valence electrons. The van der Waals surface area contributed by atoms with Crippen molar-refractivity contribution in [2.45, 2.75) is 25.9 Å². The predicted molar refractivity (Wildman–Crippen MR) is 67.8 cm³/mol. The SMILES string of the molecule is CCC1OCCC1CNc1ccc(C(=O)O)cn1. The van der Waals surface area contributed by atoms with Gasteiger partial charge in [0.25, 0.3) is 0 Å². The summed E-state index contributed by atoms with van der Waals surface area (Å²) in [4.78, 5) is 14.8. The van der Waals surface area contributed by atoms with Crippen LogP contribution in [0.2, 0.25) is 0 Å². The standard InChI is InChI=1S/C13H18N2O3/c1-2-11-9(5-6-18-11)7-14-12-4-3-10(8-15-12)13(16)17/h3-4,8-9,11H,2,5-7H2,1H3,(H,14,15)(H,16,17). The van der Waals surface area contributed by atoms with Gasteiger partial charge in [-0.05, 0) is 25.0 Å². The number of ether oxygens (including phenoxy) is 1. The average Bonchev–Trinajstić information content (AvgIpc) is 2.84. The highest BCUT2D eigenvalue weighted by Crippen LogP contribution is 2.23. The lowest BCUT2D eigenvalue weighted by atomic mass is 10.00. The van der Waals surface area contributed by atoms with Gasteiger partial charge in [0.05, 0.1) is 11.7 Å². The molecule has 1 aliphatic rings. The van der Waals surface area contributed by atoms with Crippen LogP contribution in [0.5, 0.6) is 0 Å². The Balaban J connectivity index is 1.88. The van der Waals surface area contributed by atoms with Crippen molar-refractivity contribution < 1.29 is 14.6 Å². The van der Waals surface area contributed by atoms with E-state index < -0.39 is 5.97 Å². The molecule has 1 aromatic rings. The molecule has 5 nitrogen and oxygen atoms in total. The first-order valence-electron chi connectivity index (χ1n) is 6.25. The summed E-state index contributed by atoms with van der Waals surface area (Å²) in [5, 5.41) is 12.0. The normalized spacial score (nSPS) is 22.9. The van der Waals surface area contributed by atoms with Crippen molar-refractivity contribution in [2.75, 3.05) is 18.5 Å². The highest BCUT2D eigenvalue weighted by atomic mass is 16.5. The van der Waals surface area contributed by atoms with Gasteiger partial charge >= 0.3 is 5.97 Å². The number of rotatable bonds is 5. The Bertz CT molecular complexity index is 405. The molecule has 0 spiro atoms. The molecule has 0 aromatic carbocycles. The molecule has 1 fully saturated rings. The van der Waals surface area contributed by atoms with E-state index in [-0.39, 0.29) is 5.56 Å². The van der Waals surface area contributed by atoms with Gasteiger partial charge in [-0.15, -0.1) is 0 Å². The van der Waals surface area contributed by atoms with Gasteiger partial charge in [-0.2, -0.15) is 0 Å². The van der Waals surface area contributed by atoms with Gasteiger partial charge in [0, 0.05) is 25.3 Å². The summed E-state index contributed by atoms with van der Waals surface area (Å²) in [5.74, 6) is 0.266. The first-order valence-corrected chi connectivity index (χ1v) is 6.25. The second kappa shape index (κ2) is 5.82. The number of nitrogens with one attached hydrogen (secondary N) is 1. The Morgan fingerprint density at radius 3 is 3.06 bits per heavy atom. The number of carbonyl (C=O) groups is 1. The van der Waals surface area contributed by atoms with Gasteiger partial charge in [0.1, 0.15) is 5.82 Å². The van der Waals surface area contributed by atoms with Crippen LogP contribution in [-0.2, 0) is 4.74 Å². The largest absolute Gasteiger partial charge is 0.478 e. The summed E-state index contributed by atoms with van der Waals surface area (Å²) in [6.45, 7) is 3.77. The number of pyridine rings is 1. The van der Waals surface area contributed by atoms with E-state index in [0.717, 1.165) is 26.0 Å². The molecule has 0 bridgehead atoms. The summed E-state index contributed by atoms with van der Waals surface area (Å²) in [7, 11) is 0. The molecule has 2 atom stereocenters. The maximum atomic E-state index is 10.7. The van der Waals surface area contributed by atoms with E-state index in [2.05, 4.69) is 17.2 Å². The zero-order valence-electron chi connectivity index (χ0n) is 10.4. The second-order valence-electron chi connectivity index (χ2n) is 4.48. The minimum Gasteiger partial charge on any atom is -0.478 e. The topological polar surface area (TPSA) is 71.5 Å². The summed E-state index contributed by atoms with van der Waals surface area (Å²) < 4.78 is 5.62. The maximum Gasteiger partial charge on any atom is 0.337 e. The van der Waals surface area contributed by atoms with Crippen molar-refractivity contribution in [1.29, 1.82) is 0 Å². The van der Waals surface area contributed by atoms with Crippen LogP contribution >= 0.6 is 0 Å². The molecular weight excluding hydrogens is 232 g/mol. The Hall–Kier alpha value is -1.62. The van der Waals surface area contributed by atoms with Gasteiger partial charge in [0.2, 0.25) is 0 Å². The lowest BCUT2D eigenvalue weighted by molar-refractivity contribution is 0.0696. The number of hydrogen-bond acceptors (Lipinski definition) is 4. The van der Waals surface area contributed by atoms with Gasteiger partial charge < -0.3 is 15.2 Å². The van der Waals surface area contributed by atoms with E-state index in [1.54, 1.807) is 12.1 Å². The Kier molecular flexibility index (Phi) is 4.15. The fourth-order valence-electron chi connectivity index (χ4n) is 2.24. The minimum absolute atomic E-state index is 0.205. The molecule has 1 aliphatic heterocycles. The summed E-state index contributed by atoms with van der Waals surface area (Å²) in [6, 6.07) is 3.25. The fraction of sp³-hybridized carbons (Fsp3) is 0.538. The third-order valence-electron chi connectivity index (χ3n) is 3.30. The third kappa shape index (κ3) is 2.98. The van der Waals surface area contributed by atoms with Crippen molar-refractivity contribution in [3.8, 4) is 0 Å². The van der Waals surface area contributed by atoms with Crippen LogP contribution in [-0.4, -0.2) is 35.3 Å². The van der Waals surface area contributed by atoms with Crippen molar-refractivity contribution in [1.82, 2.24) is 4.98 Å². The monoisotopic (exact) mass is 250 g/mol. The number of aromatic nitrogens is 1. The third-order valence-corrected chi connectivity index (χ3v) is 3.30. The summed E-state index contributed by atoms with van der Waals surface area (Å²) >= 11 is 0. The maximum absolute atomic E-state index is 10.7. The van der Waals surface area contributed by atoms with E-state index in [1.165, 1.54) is 6.20 Å². The molecule has 2 rings (SSSR count). The van der Waals surface area contributed by atoms with Crippen LogP contribution < -0.4 is 5.32 Å². The molecule has 2 heterocycles. The first kappa shape index (κ1) is 12.8. The molecule has 0 radical (unpaired) electrons. The first-order chi connectivity index (χ1) is 8.70. The zero-order chi connectivity index (χ0) is 13.0. The molecule has 0 amide bonds. The number of nitrogens with zero attached hydrogens (tertiary/aromatic N) is 1. The number of hydrogen-bond donors (Lipinski definition) is 2. The minimum atomic E-state index is -0.954. The van der Waals surface area contributed by atoms with E-state index in [9.17, 15) is 4.79 Å². The highest BCUT2D eigenvalue weighted by molar-refractivity contribution is 5.87. The van der Waals surface area contributed by atoms with Crippen molar-refractivity contribution in [3.63, 3.8) is 0 Å². The van der Waals surface area contributed by atoms with Crippen LogP contribution in [0.3, 0.4) is 0 Å². The average molecular weight is 250 g/mol. The predicted octanol–water partition coefficient (Wildman–Crippen LogP) is 2.01. The van der Waals surface area contributed by atoms with Crippen LogP contribution in [0.4, 0.5) is 5.82 Å². The van der Waals surface area contributed by atoms with Crippen LogP contribution in [0.25, 0.3) is 0 Å². The fourth-order valence-corrected chi connectivity index (χ4v) is 2.24. The van der Waals surface area contributed by atoms with Gasteiger partial charge in [-0.3, -0.25) is 0 Å². The molecule has 0 aliphatic carbocycles. The lowest BCUT2D eigenvalue weighted by Gasteiger charge is -2.17. The molecule has 1 saturated heterocycles. The van der Waals surface area contributed by atoms with Crippen LogP contribution in [0, 0.1) is 5.92 Å². The van der Waals surface area contributed by atoms with E-state index in [4.69, 9.17) is 9.84 Å². The highest BCUT2D eigenvalue weighted by Gasteiger charge is 2.26. The smallest absolute Gasteiger partial charge is 0.337 e. The second-order valence-corrected chi connectivity index (χ2v) is 4.48. The molecule has 2 N–H and O–H groups in total. The summed E-state index contributed by atoms with van der Waals surface area (Å²) in [5.41, 5.74) is 0.205. The molecule has 5 heteroatoms. The zero-order valence-corrected chi connectivity index (χ0v) is 10.4. The van der Waals surface area contributed by atoms with Crippen molar-refractivity contribution in [3.05, 3.63) is 23.9 Å². The lowest BCUT2D eigenvalue weighted by Crippen LogP contribution is -2.23. The summed E-state index contributed by atoms with van der Waals surface area (Å²) in [6.07, 6.45) is 3.79. The molecule has 1 aromatic heterocycles. The number of anilines is 1. The van der Waals surface area contributed by atoms with Crippen molar-refractivity contribution >= 4 is 11.8 Å². The number of carboxylic acid groups (broad SMARTS) is 1. The van der Waals surface area contributed by atoms with E-state index in [1.807, 2.05) is 0 Å². The Labute approximate surface area is 106 Å². The Morgan fingerprint density at radius 2 is 2.44 bits per heavy atom. The van der Waals surface area contributed by atoms with Gasteiger partial charge in [-0.25, -0.2) is 9.78 Å². The number of aromatic carboxylic acids is 1. The van der Waals surface area contributed by atoms with Gasteiger partial charge in [0.15, 0.2) is 0 Å². The van der Waals surface area contributed by atoms with Crippen molar-refractivity contribution in [2.24, 2.45) is 5.92 Å². The van der Waals surface area contributed by atoms with Gasteiger partial charge in [-0.1, -0.05) is 6.92 Å². The van der Waals surface area contributed by atoms with Crippen LogP contribution in [0.15, 0.2) is 18.3 Å². The van der Waals surface area contributed by atoms with E-state index in [0.29, 0.717) is 17.8 Å². The van der Waals surface area contributed by atoms with Crippen LogP contribution in [0.1, 0.15) is 30.1 Å².